The largest absolute Gasteiger partial charge is 0.488 e. The number of aryl methyl sites for hydroxylation is 2. The number of furan rings is 1. The highest BCUT2D eigenvalue weighted by atomic mass is 32.2. The maximum absolute atomic E-state index is 11.4. The summed E-state index contributed by atoms with van der Waals surface area (Å²) < 4.78 is 34.7. The molecule has 0 saturated heterocycles. The molecule has 168 valence electrons. The molecule has 1 N–H and O–H groups in total. The van der Waals surface area contributed by atoms with E-state index in [-0.39, 0.29) is 18.8 Å². The van der Waals surface area contributed by atoms with E-state index in [9.17, 15) is 13.2 Å². The lowest BCUT2D eigenvalue weighted by Crippen LogP contribution is -2.03. The lowest BCUT2D eigenvalue weighted by Gasteiger charge is -2.14. The molecule has 0 fully saturated rings. The van der Waals surface area contributed by atoms with Crippen LogP contribution >= 0.6 is 0 Å². The standard InChI is InChI=1S/C25H26O6S/c1-16-12-21-13-19(6-5-11-32(4,28)29)14-22(25(21)31-16)15-30-23-9-7-20(8-10-24(26)27)17(2)18(23)3/h7,9,12-14H,8,10-11,15H2,1-4H3,(H,26,27). The van der Waals surface area contributed by atoms with Crippen LogP contribution in [0, 0.1) is 32.6 Å². The van der Waals surface area contributed by atoms with E-state index in [1.165, 1.54) is 0 Å². The summed E-state index contributed by atoms with van der Waals surface area (Å²) in [6.07, 6.45) is 1.72. The Kier molecular flexibility index (Phi) is 6.95. The van der Waals surface area contributed by atoms with E-state index in [2.05, 4.69) is 11.8 Å². The average molecular weight is 455 g/mol. The van der Waals surface area contributed by atoms with Crippen molar-refractivity contribution in [2.45, 2.75) is 40.2 Å². The molecule has 0 aliphatic heterocycles. The Morgan fingerprint density at radius 2 is 1.84 bits per heavy atom. The molecule has 0 bridgehead atoms. The number of aliphatic carboxylic acids is 1. The molecule has 0 saturated carbocycles. The smallest absolute Gasteiger partial charge is 0.303 e. The van der Waals surface area contributed by atoms with Gasteiger partial charge in [0, 0.05) is 29.2 Å². The fourth-order valence-electron chi connectivity index (χ4n) is 3.48. The van der Waals surface area contributed by atoms with Gasteiger partial charge in [0.15, 0.2) is 9.84 Å². The van der Waals surface area contributed by atoms with Crippen LogP contribution in [-0.2, 0) is 27.7 Å². The molecule has 7 heteroatoms. The molecule has 3 rings (SSSR count). The van der Waals surface area contributed by atoms with Gasteiger partial charge in [-0.25, -0.2) is 8.42 Å². The van der Waals surface area contributed by atoms with Crippen molar-refractivity contribution >= 4 is 26.8 Å². The van der Waals surface area contributed by atoms with E-state index in [4.69, 9.17) is 14.3 Å². The van der Waals surface area contributed by atoms with Crippen LogP contribution in [0.5, 0.6) is 5.75 Å². The van der Waals surface area contributed by atoms with Crippen LogP contribution in [0.2, 0.25) is 0 Å². The van der Waals surface area contributed by atoms with Crippen molar-refractivity contribution in [2.24, 2.45) is 0 Å². The Hall–Kier alpha value is -3.24. The van der Waals surface area contributed by atoms with Crippen molar-refractivity contribution in [3.63, 3.8) is 0 Å². The van der Waals surface area contributed by atoms with E-state index in [1.54, 1.807) is 0 Å². The van der Waals surface area contributed by atoms with Gasteiger partial charge < -0.3 is 14.3 Å². The van der Waals surface area contributed by atoms with Gasteiger partial charge in [0.2, 0.25) is 0 Å². The van der Waals surface area contributed by atoms with Gasteiger partial charge in [0.25, 0.3) is 0 Å². The second-order valence-electron chi connectivity index (χ2n) is 7.94. The fourth-order valence-corrected chi connectivity index (χ4v) is 3.81. The molecule has 0 aliphatic rings. The first-order valence-electron chi connectivity index (χ1n) is 10.2. The Morgan fingerprint density at radius 3 is 2.53 bits per heavy atom. The van der Waals surface area contributed by atoms with Gasteiger partial charge in [-0.2, -0.15) is 0 Å². The van der Waals surface area contributed by atoms with E-state index in [0.29, 0.717) is 23.3 Å². The molecule has 2 aromatic carbocycles. The molecule has 1 heterocycles. The summed E-state index contributed by atoms with van der Waals surface area (Å²) in [5.41, 5.74) is 5.18. The summed E-state index contributed by atoms with van der Waals surface area (Å²) >= 11 is 0. The summed E-state index contributed by atoms with van der Waals surface area (Å²) in [6, 6.07) is 9.40. The number of carbonyl (C=O) groups is 1. The van der Waals surface area contributed by atoms with Gasteiger partial charge in [0.1, 0.15) is 29.5 Å². The predicted molar refractivity (Wildman–Crippen MR) is 124 cm³/mol. The zero-order valence-corrected chi connectivity index (χ0v) is 19.4. The van der Waals surface area contributed by atoms with Crippen molar-refractivity contribution in [3.8, 4) is 17.6 Å². The zero-order chi connectivity index (χ0) is 23.5. The normalized spacial score (nSPS) is 11.2. The van der Waals surface area contributed by atoms with Gasteiger partial charge >= 0.3 is 5.97 Å². The third-order valence-electron chi connectivity index (χ3n) is 5.22. The molecular formula is C25H26O6S. The first-order valence-corrected chi connectivity index (χ1v) is 12.2. The Labute approximate surface area is 188 Å². The van der Waals surface area contributed by atoms with Crippen LogP contribution in [0.4, 0.5) is 0 Å². The van der Waals surface area contributed by atoms with Crippen LogP contribution in [0.1, 0.15) is 40.0 Å². The highest BCUT2D eigenvalue weighted by molar-refractivity contribution is 7.90. The number of ether oxygens (including phenoxy) is 1. The SMILES string of the molecule is Cc1cc2cc(C#CCS(C)(=O)=O)cc(COc3ccc(CCC(=O)O)c(C)c3C)c2o1. The number of carboxylic acid groups (broad SMARTS) is 1. The molecule has 0 amide bonds. The van der Waals surface area contributed by atoms with Crippen molar-refractivity contribution < 1.29 is 27.5 Å². The monoisotopic (exact) mass is 454 g/mol. The molecule has 0 unspecified atom stereocenters. The highest BCUT2D eigenvalue weighted by Gasteiger charge is 2.13. The summed E-state index contributed by atoms with van der Waals surface area (Å²) in [7, 11) is -3.16. The van der Waals surface area contributed by atoms with Gasteiger partial charge in [-0.15, -0.1) is 0 Å². The van der Waals surface area contributed by atoms with Crippen molar-refractivity contribution in [2.75, 3.05) is 12.0 Å². The highest BCUT2D eigenvalue weighted by Crippen LogP contribution is 2.29. The fraction of sp³-hybridized carbons (Fsp3) is 0.320. The number of hydrogen-bond donors (Lipinski definition) is 1. The maximum Gasteiger partial charge on any atom is 0.303 e. The molecule has 0 spiro atoms. The van der Waals surface area contributed by atoms with Crippen molar-refractivity contribution in [3.05, 3.63) is 63.9 Å². The lowest BCUT2D eigenvalue weighted by molar-refractivity contribution is -0.136. The molecule has 6 nitrogen and oxygen atoms in total. The minimum Gasteiger partial charge on any atom is -0.488 e. The third-order valence-corrected chi connectivity index (χ3v) is 5.89. The van der Waals surface area contributed by atoms with Gasteiger partial charge in [0.05, 0.1) is 0 Å². The Morgan fingerprint density at radius 1 is 1.09 bits per heavy atom. The molecule has 0 aliphatic carbocycles. The Bertz CT molecular complexity index is 1340. The van der Waals surface area contributed by atoms with Crippen LogP contribution in [0.3, 0.4) is 0 Å². The maximum atomic E-state index is 11.4. The lowest BCUT2D eigenvalue weighted by atomic mass is 9.99. The number of sulfone groups is 1. The summed E-state index contributed by atoms with van der Waals surface area (Å²) in [6.45, 7) is 6.03. The first kappa shape index (κ1) is 23.4. The second kappa shape index (κ2) is 9.49. The number of benzene rings is 2. The number of fused-ring (bicyclic) bond motifs is 1. The average Bonchev–Trinajstić information content (AvgIpc) is 3.07. The van der Waals surface area contributed by atoms with E-state index in [0.717, 1.165) is 39.7 Å². The topological polar surface area (TPSA) is 93.8 Å². The Balaban J connectivity index is 1.87. The van der Waals surface area contributed by atoms with E-state index < -0.39 is 15.8 Å². The molecular weight excluding hydrogens is 428 g/mol. The van der Waals surface area contributed by atoms with E-state index >= 15 is 0 Å². The second-order valence-corrected chi connectivity index (χ2v) is 10.1. The zero-order valence-electron chi connectivity index (χ0n) is 18.6. The van der Waals surface area contributed by atoms with Gasteiger partial charge in [-0.3, -0.25) is 4.79 Å². The van der Waals surface area contributed by atoms with E-state index in [1.807, 2.05) is 51.1 Å². The molecule has 0 radical (unpaired) electrons. The van der Waals surface area contributed by atoms with Gasteiger partial charge in [-0.05, 0) is 68.1 Å². The molecule has 1 aromatic heterocycles. The molecule has 3 aromatic rings. The van der Waals surface area contributed by atoms with Crippen LogP contribution < -0.4 is 4.74 Å². The summed E-state index contributed by atoms with van der Waals surface area (Å²) in [5.74, 6) is 6.08. The summed E-state index contributed by atoms with van der Waals surface area (Å²) in [5, 5.41) is 9.81. The van der Waals surface area contributed by atoms with Crippen LogP contribution in [-0.4, -0.2) is 31.5 Å². The molecule has 0 atom stereocenters. The number of rotatable bonds is 7. The third kappa shape index (κ3) is 5.92. The van der Waals surface area contributed by atoms with Crippen LogP contribution in [0.15, 0.2) is 34.7 Å². The van der Waals surface area contributed by atoms with Crippen molar-refractivity contribution in [1.82, 2.24) is 0 Å². The minimum absolute atomic E-state index is 0.0868. The molecule has 32 heavy (non-hydrogen) atoms. The van der Waals surface area contributed by atoms with Crippen molar-refractivity contribution in [1.29, 1.82) is 0 Å². The van der Waals surface area contributed by atoms with Crippen LogP contribution in [0.25, 0.3) is 11.0 Å². The first-order chi connectivity index (χ1) is 15.0. The van der Waals surface area contributed by atoms with Gasteiger partial charge in [-0.1, -0.05) is 17.9 Å². The summed E-state index contributed by atoms with van der Waals surface area (Å²) in [4.78, 5) is 10.9. The predicted octanol–water partition coefficient (Wildman–Crippen LogP) is 4.35. The minimum atomic E-state index is -3.16. The number of hydrogen-bond acceptors (Lipinski definition) is 5. The number of carboxylic acids is 1. The quantitative estimate of drug-likeness (QED) is 0.534.